The molecule has 6 nitrogen and oxygen atoms in total. The van der Waals surface area contributed by atoms with Crippen LogP contribution in [0.3, 0.4) is 0 Å². The molecule has 3 aromatic rings. The van der Waals surface area contributed by atoms with E-state index in [4.69, 9.17) is 4.74 Å². The van der Waals surface area contributed by atoms with Crippen LogP contribution in [-0.2, 0) is 29.0 Å². The molecule has 2 aliphatic heterocycles. The van der Waals surface area contributed by atoms with Gasteiger partial charge in [-0.15, -0.1) is 0 Å². The number of carbonyl (C=O) groups excluding carboxylic acids is 2. The van der Waals surface area contributed by atoms with Gasteiger partial charge < -0.3 is 9.64 Å². The van der Waals surface area contributed by atoms with Crippen molar-refractivity contribution in [2.45, 2.75) is 37.9 Å². The zero-order chi connectivity index (χ0) is 25.4. The molecule has 2 heterocycles. The van der Waals surface area contributed by atoms with Crippen molar-refractivity contribution >= 4 is 11.9 Å². The standard InChI is InChI=1S/C31H33N3O3/c1-37-18-17-33-29(35)31(34(30(33)36)22-23-7-3-2-4-8-23)13-15-32(16-14-31)21-24-11-12-28-26(19-24)20-25-9-5-6-10-27(25)28/h2-12,19H,13-18,20-22H2,1H3. The van der Waals surface area contributed by atoms with Crippen molar-refractivity contribution in [3.63, 3.8) is 0 Å². The van der Waals surface area contributed by atoms with Crippen molar-refractivity contribution in [3.05, 3.63) is 95.1 Å². The molecule has 0 saturated carbocycles. The van der Waals surface area contributed by atoms with Crippen LogP contribution in [0.4, 0.5) is 4.79 Å². The van der Waals surface area contributed by atoms with E-state index in [-0.39, 0.29) is 11.9 Å². The number of imide groups is 1. The average Bonchev–Trinajstić information content (AvgIpc) is 3.38. The third-order valence-corrected chi connectivity index (χ3v) is 8.27. The molecule has 1 spiro atoms. The van der Waals surface area contributed by atoms with Crippen molar-refractivity contribution in [3.8, 4) is 11.1 Å². The summed E-state index contributed by atoms with van der Waals surface area (Å²) >= 11 is 0. The van der Waals surface area contributed by atoms with E-state index in [0.717, 1.165) is 31.6 Å². The number of nitrogens with zero attached hydrogens (tertiary/aromatic N) is 3. The zero-order valence-electron chi connectivity index (χ0n) is 21.4. The maximum Gasteiger partial charge on any atom is 0.328 e. The maximum absolute atomic E-state index is 13.7. The molecule has 3 aliphatic rings. The van der Waals surface area contributed by atoms with Crippen molar-refractivity contribution in [2.75, 3.05) is 33.4 Å². The summed E-state index contributed by atoms with van der Waals surface area (Å²) in [6.45, 7) is 3.50. The van der Waals surface area contributed by atoms with Crippen molar-refractivity contribution in [1.29, 1.82) is 0 Å². The molecular formula is C31H33N3O3. The number of hydrogen-bond acceptors (Lipinski definition) is 4. The first-order valence-electron chi connectivity index (χ1n) is 13.2. The Hall–Kier alpha value is -3.48. The summed E-state index contributed by atoms with van der Waals surface area (Å²) in [6.07, 6.45) is 2.28. The second kappa shape index (κ2) is 9.77. The van der Waals surface area contributed by atoms with Gasteiger partial charge in [0.25, 0.3) is 5.91 Å². The molecule has 2 saturated heterocycles. The SMILES string of the molecule is COCCN1C(=O)N(Cc2ccccc2)C2(CCN(Cc3ccc4c(c3)Cc3ccccc3-4)CC2)C1=O. The fourth-order valence-corrected chi connectivity index (χ4v) is 6.27. The van der Waals surface area contributed by atoms with Gasteiger partial charge in [0.05, 0.1) is 13.2 Å². The Morgan fingerprint density at radius 3 is 2.32 bits per heavy atom. The van der Waals surface area contributed by atoms with Gasteiger partial charge in [-0.3, -0.25) is 14.6 Å². The van der Waals surface area contributed by atoms with Crippen LogP contribution in [0.1, 0.15) is 35.1 Å². The van der Waals surface area contributed by atoms with Gasteiger partial charge in [-0.05, 0) is 52.6 Å². The van der Waals surface area contributed by atoms with Gasteiger partial charge in [0.1, 0.15) is 5.54 Å². The van der Waals surface area contributed by atoms with Crippen LogP contribution in [0, 0.1) is 0 Å². The molecule has 6 rings (SSSR count). The number of methoxy groups -OCH3 is 1. The highest BCUT2D eigenvalue weighted by molar-refractivity contribution is 6.07. The summed E-state index contributed by atoms with van der Waals surface area (Å²) in [5.74, 6) is -0.0690. The van der Waals surface area contributed by atoms with Gasteiger partial charge in [0, 0.05) is 33.3 Å². The molecule has 2 fully saturated rings. The topological polar surface area (TPSA) is 53.1 Å². The number of carbonyl (C=O) groups is 2. The Morgan fingerprint density at radius 1 is 0.811 bits per heavy atom. The Balaban J connectivity index is 1.18. The average molecular weight is 496 g/mol. The quantitative estimate of drug-likeness (QED) is 0.349. The first kappa shape index (κ1) is 23.9. The normalized spacial score (nSPS) is 18.5. The summed E-state index contributed by atoms with van der Waals surface area (Å²) in [5.41, 5.74) is 7.06. The van der Waals surface area contributed by atoms with Crippen LogP contribution in [-0.4, -0.2) is 65.5 Å². The highest BCUT2D eigenvalue weighted by Crippen LogP contribution is 2.40. The number of fused-ring (bicyclic) bond motifs is 3. The molecule has 0 N–H and O–H groups in total. The number of rotatable bonds is 7. The third-order valence-electron chi connectivity index (χ3n) is 8.27. The Labute approximate surface area is 218 Å². The summed E-state index contributed by atoms with van der Waals surface area (Å²) in [5, 5.41) is 0. The zero-order valence-corrected chi connectivity index (χ0v) is 21.4. The van der Waals surface area contributed by atoms with E-state index in [0.29, 0.717) is 32.5 Å². The number of piperidine rings is 1. The number of hydrogen-bond donors (Lipinski definition) is 0. The second-order valence-electron chi connectivity index (χ2n) is 10.4. The van der Waals surface area contributed by atoms with Crippen LogP contribution in [0.5, 0.6) is 0 Å². The van der Waals surface area contributed by atoms with Gasteiger partial charge in [0.15, 0.2) is 0 Å². The summed E-state index contributed by atoms with van der Waals surface area (Å²) in [6, 6.07) is 25.3. The predicted molar refractivity (Wildman–Crippen MR) is 143 cm³/mol. The largest absolute Gasteiger partial charge is 0.383 e. The minimum absolute atomic E-state index is 0.0690. The molecule has 0 atom stereocenters. The molecule has 0 bridgehead atoms. The molecule has 0 aromatic heterocycles. The summed E-state index contributed by atoms with van der Waals surface area (Å²) < 4.78 is 5.19. The van der Waals surface area contributed by atoms with Crippen molar-refractivity contribution < 1.29 is 14.3 Å². The van der Waals surface area contributed by atoms with Crippen molar-refractivity contribution in [1.82, 2.24) is 14.7 Å². The Morgan fingerprint density at radius 2 is 1.54 bits per heavy atom. The van der Waals surface area contributed by atoms with Crippen LogP contribution < -0.4 is 0 Å². The summed E-state index contributed by atoms with van der Waals surface area (Å²) in [7, 11) is 1.60. The fraction of sp³-hybridized carbons (Fsp3) is 0.355. The van der Waals surface area contributed by atoms with Gasteiger partial charge in [0.2, 0.25) is 0 Å². The monoisotopic (exact) mass is 495 g/mol. The molecule has 0 unspecified atom stereocenters. The lowest BCUT2D eigenvalue weighted by atomic mass is 9.85. The van der Waals surface area contributed by atoms with Crippen LogP contribution in [0.2, 0.25) is 0 Å². The Bertz CT molecular complexity index is 1310. The summed E-state index contributed by atoms with van der Waals surface area (Å²) in [4.78, 5) is 32.8. The minimum atomic E-state index is -0.781. The predicted octanol–water partition coefficient (Wildman–Crippen LogP) is 4.70. The van der Waals surface area contributed by atoms with Crippen LogP contribution in [0.15, 0.2) is 72.8 Å². The van der Waals surface area contributed by atoms with E-state index in [2.05, 4.69) is 47.4 Å². The molecule has 0 radical (unpaired) electrons. The van der Waals surface area contributed by atoms with E-state index >= 15 is 0 Å². The first-order chi connectivity index (χ1) is 18.1. The van der Waals surface area contributed by atoms with Gasteiger partial charge in [-0.1, -0.05) is 72.8 Å². The van der Waals surface area contributed by atoms with Gasteiger partial charge >= 0.3 is 6.03 Å². The smallest absolute Gasteiger partial charge is 0.328 e. The first-order valence-corrected chi connectivity index (χ1v) is 13.2. The van der Waals surface area contributed by atoms with Crippen molar-refractivity contribution in [2.24, 2.45) is 0 Å². The number of ether oxygens (including phenoxy) is 1. The van der Waals surface area contributed by atoms with Crippen LogP contribution >= 0.6 is 0 Å². The number of urea groups is 1. The molecule has 37 heavy (non-hydrogen) atoms. The van der Waals surface area contributed by atoms with Crippen LogP contribution in [0.25, 0.3) is 11.1 Å². The molecule has 6 heteroatoms. The third kappa shape index (κ3) is 4.24. The van der Waals surface area contributed by atoms with E-state index in [9.17, 15) is 9.59 Å². The molecule has 190 valence electrons. The number of likely N-dealkylation sites (tertiary alicyclic amines) is 1. The van der Waals surface area contributed by atoms with E-state index in [1.165, 1.54) is 32.7 Å². The number of amides is 3. The lowest BCUT2D eigenvalue weighted by Gasteiger charge is -2.42. The van der Waals surface area contributed by atoms with Gasteiger partial charge in [-0.2, -0.15) is 0 Å². The molecule has 3 amide bonds. The minimum Gasteiger partial charge on any atom is -0.383 e. The molecule has 1 aliphatic carbocycles. The lowest BCUT2D eigenvalue weighted by molar-refractivity contribution is -0.136. The molecule has 3 aromatic carbocycles. The highest BCUT2D eigenvalue weighted by atomic mass is 16.5. The Kier molecular flexibility index (Phi) is 6.31. The maximum atomic E-state index is 13.7. The van der Waals surface area contributed by atoms with Gasteiger partial charge in [-0.25, -0.2) is 4.79 Å². The van der Waals surface area contributed by atoms with E-state index in [1.54, 1.807) is 7.11 Å². The fourth-order valence-electron chi connectivity index (χ4n) is 6.27. The lowest BCUT2D eigenvalue weighted by Crippen LogP contribution is -2.56. The number of benzene rings is 3. The second-order valence-corrected chi connectivity index (χ2v) is 10.4. The van der Waals surface area contributed by atoms with E-state index in [1.807, 2.05) is 35.2 Å². The highest BCUT2D eigenvalue weighted by Gasteiger charge is 2.57. The molecular weight excluding hydrogens is 462 g/mol. The van der Waals surface area contributed by atoms with E-state index < -0.39 is 5.54 Å².